The number of thiazole rings is 1. The highest BCUT2D eigenvalue weighted by atomic mass is 32.1. The van der Waals surface area contributed by atoms with Gasteiger partial charge in [-0.25, -0.2) is 4.98 Å². The summed E-state index contributed by atoms with van der Waals surface area (Å²) in [6.07, 6.45) is 1.41. The van der Waals surface area contributed by atoms with Crippen molar-refractivity contribution in [3.05, 3.63) is 40.4 Å². The molecule has 1 aliphatic rings. The van der Waals surface area contributed by atoms with Crippen molar-refractivity contribution < 1.29 is 9.90 Å². The number of carbonyl (C=O) groups is 1. The summed E-state index contributed by atoms with van der Waals surface area (Å²) in [5.41, 5.74) is 2.16. The van der Waals surface area contributed by atoms with E-state index in [0.29, 0.717) is 17.7 Å². The highest BCUT2D eigenvalue weighted by Gasteiger charge is 2.33. The quantitative estimate of drug-likeness (QED) is 0.943. The second-order valence-electron chi connectivity index (χ2n) is 4.96. The van der Waals surface area contributed by atoms with Crippen LogP contribution in [0.4, 0.5) is 10.8 Å². The Morgan fingerprint density at radius 1 is 1.57 bits per heavy atom. The number of carboxylic acids is 1. The molecule has 1 heterocycles. The van der Waals surface area contributed by atoms with Gasteiger partial charge in [-0.1, -0.05) is 6.07 Å². The van der Waals surface area contributed by atoms with Crippen molar-refractivity contribution in [2.24, 2.45) is 0 Å². The fourth-order valence-corrected chi connectivity index (χ4v) is 3.61. The van der Waals surface area contributed by atoms with Gasteiger partial charge < -0.3 is 10.0 Å². The molecule has 1 aromatic heterocycles. The number of hydrogen-bond donors (Lipinski definition) is 1. The van der Waals surface area contributed by atoms with E-state index in [2.05, 4.69) is 11.1 Å². The number of nitrogens with zero attached hydrogens (tertiary/aromatic N) is 3. The lowest BCUT2D eigenvalue weighted by atomic mass is 10.1. The maximum absolute atomic E-state index is 11.2. The molecule has 0 saturated heterocycles. The largest absolute Gasteiger partial charge is 0.481 e. The van der Waals surface area contributed by atoms with Crippen LogP contribution in [0.1, 0.15) is 28.5 Å². The Morgan fingerprint density at radius 2 is 2.38 bits per heavy atom. The van der Waals surface area contributed by atoms with Crippen molar-refractivity contribution in [1.29, 1.82) is 5.26 Å². The van der Waals surface area contributed by atoms with Crippen LogP contribution in [0.15, 0.2) is 24.3 Å². The Labute approximate surface area is 126 Å². The molecule has 2 aromatic rings. The van der Waals surface area contributed by atoms with Gasteiger partial charge in [0.25, 0.3) is 0 Å². The zero-order valence-corrected chi connectivity index (χ0v) is 12.2. The van der Waals surface area contributed by atoms with E-state index >= 15 is 0 Å². The standard InChI is InChI=1S/C15H13N3O2S/c1-18(10-4-2-3-9(7-10)8-16)15-17-13-11(14(19)20)5-6-12(13)21-15/h2-4,7,11H,5-6H2,1H3,(H,19,20). The van der Waals surface area contributed by atoms with E-state index in [-0.39, 0.29) is 0 Å². The van der Waals surface area contributed by atoms with Crippen LogP contribution in [0.5, 0.6) is 0 Å². The van der Waals surface area contributed by atoms with Crippen LogP contribution in [0.3, 0.4) is 0 Å². The molecule has 0 bridgehead atoms. The molecule has 106 valence electrons. The normalized spacial score (nSPS) is 16.3. The van der Waals surface area contributed by atoms with Crippen molar-refractivity contribution >= 4 is 28.1 Å². The summed E-state index contributed by atoms with van der Waals surface area (Å²) < 4.78 is 0. The van der Waals surface area contributed by atoms with Crippen molar-refractivity contribution in [1.82, 2.24) is 4.98 Å². The molecule has 0 saturated carbocycles. The van der Waals surface area contributed by atoms with Crippen molar-refractivity contribution in [3.63, 3.8) is 0 Å². The summed E-state index contributed by atoms with van der Waals surface area (Å²) in [6, 6.07) is 9.39. The SMILES string of the molecule is CN(c1cccc(C#N)c1)c1nc2c(s1)CCC2C(=O)O. The topological polar surface area (TPSA) is 77.2 Å². The molecule has 1 aliphatic carbocycles. The Bertz CT molecular complexity index is 748. The number of benzene rings is 1. The number of fused-ring (bicyclic) bond motifs is 1. The van der Waals surface area contributed by atoms with Crippen LogP contribution in [-0.4, -0.2) is 23.1 Å². The number of aryl methyl sites for hydroxylation is 1. The van der Waals surface area contributed by atoms with Crippen LogP contribution in [-0.2, 0) is 11.2 Å². The summed E-state index contributed by atoms with van der Waals surface area (Å²) in [7, 11) is 1.88. The predicted molar refractivity (Wildman–Crippen MR) is 80.0 cm³/mol. The Kier molecular flexibility index (Phi) is 3.35. The number of carboxylic acid groups (broad SMARTS) is 1. The third-order valence-electron chi connectivity index (χ3n) is 3.65. The first-order valence-corrected chi connectivity index (χ1v) is 7.38. The maximum Gasteiger partial charge on any atom is 0.312 e. The third-order valence-corrected chi connectivity index (χ3v) is 4.86. The number of aliphatic carboxylic acids is 1. The molecule has 1 aromatic carbocycles. The zero-order chi connectivity index (χ0) is 15.0. The molecular formula is C15H13N3O2S. The first-order chi connectivity index (χ1) is 10.1. The van der Waals surface area contributed by atoms with Gasteiger partial charge >= 0.3 is 5.97 Å². The Hall–Kier alpha value is -2.39. The molecule has 0 amide bonds. The van der Waals surface area contributed by atoms with Crippen LogP contribution < -0.4 is 4.90 Å². The highest BCUT2D eigenvalue weighted by molar-refractivity contribution is 7.15. The molecule has 6 heteroatoms. The number of nitriles is 1. The minimum absolute atomic E-state index is 0.483. The minimum Gasteiger partial charge on any atom is -0.481 e. The molecule has 1 unspecified atom stereocenters. The molecule has 0 fully saturated rings. The van der Waals surface area contributed by atoms with Gasteiger partial charge in [0.15, 0.2) is 5.13 Å². The van der Waals surface area contributed by atoms with E-state index in [4.69, 9.17) is 5.26 Å². The molecule has 1 N–H and O–H groups in total. The second-order valence-corrected chi connectivity index (χ2v) is 6.02. The van der Waals surface area contributed by atoms with E-state index < -0.39 is 11.9 Å². The van der Waals surface area contributed by atoms with Crippen molar-refractivity contribution in [2.45, 2.75) is 18.8 Å². The monoisotopic (exact) mass is 299 g/mol. The average molecular weight is 299 g/mol. The van der Waals surface area contributed by atoms with Gasteiger partial charge in [0, 0.05) is 17.6 Å². The van der Waals surface area contributed by atoms with Gasteiger partial charge in [-0.05, 0) is 31.0 Å². The molecule has 0 radical (unpaired) electrons. The maximum atomic E-state index is 11.2. The summed E-state index contributed by atoms with van der Waals surface area (Å²) in [4.78, 5) is 18.7. The predicted octanol–water partition coefficient (Wildman–Crippen LogP) is 2.90. The van der Waals surface area contributed by atoms with E-state index in [1.54, 1.807) is 12.1 Å². The lowest BCUT2D eigenvalue weighted by molar-refractivity contribution is -0.138. The van der Waals surface area contributed by atoms with Crippen LogP contribution in [0.2, 0.25) is 0 Å². The van der Waals surface area contributed by atoms with Crippen molar-refractivity contribution in [3.8, 4) is 6.07 Å². The lowest BCUT2D eigenvalue weighted by Crippen LogP contribution is -2.12. The smallest absolute Gasteiger partial charge is 0.312 e. The number of aromatic nitrogens is 1. The molecular weight excluding hydrogens is 286 g/mol. The van der Waals surface area contributed by atoms with E-state index in [0.717, 1.165) is 22.1 Å². The first kappa shape index (κ1) is 13.6. The van der Waals surface area contributed by atoms with Gasteiger partial charge in [-0.15, -0.1) is 11.3 Å². The first-order valence-electron chi connectivity index (χ1n) is 6.56. The Morgan fingerprint density at radius 3 is 3.10 bits per heavy atom. The summed E-state index contributed by atoms with van der Waals surface area (Å²) in [6.45, 7) is 0. The van der Waals surface area contributed by atoms with Crippen LogP contribution in [0.25, 0.3) is 0 Å². The van der Waals surface area contributed by atoms with Crippen LogP contribution in [0, 0.1) is 11.3 Å². The van der Waals surface area contributed by atoms with Gasteiger partial charge in [0.1, 0.15) is 5.92 Å². The van der Waals surface area contributed by atoms with Gasteiger partial charge in [-0.2, -0.15) is 5.26 Å². The lowest BCUT2D eigenvalue weighted by Gasteiger charge is -2.16. The van der Waals surface area contributed by atoms with Crippen LogP contribution >= 0.6 is 11.3 Å². The fraction of sp³-hybridized carbons (Fsp3) is 0.267. The fourth-order valence-electron chi connectivity index (χ4n) is 2.49. The third kappa shape index (κ3) is 2.36. The molecule has 5 nitrogen and oxygen atoms in total. The molecule has 3 rings (SSSR count). The summed E-state index contributed by atoms with van der Waals surface area (Å²) in [5.74, 6) is -1.29. The van der Waals surface area contributed by atoms with Gasteiger partial charge in [0.05, 0.1) is 17.3 Å². The summed E-state index contributed by atoms with van der Waals surface area (Å²) >= 11 is 1.53. The van der Waals surface area contributed by atoms with E-state index in [1.165, 1.54) is 11.3 Å². The number of anilines is 2. The summed E-state index contributed by atoms with van der Waals surface area (Å²) in [5, 5.41) is 18.9. The van der Waals surface area contributed by atoms with Gasteiger partial charge in [0.2, 0.25) is 0 Å². The highest BCUT2D eigenvalue weighted by Crippen LogP contribution is 2.40. The average Bonchev–Trinajstić information content (AvgIpc) is 3.06. The van der Waals surface area contributed by atoms with Gasteiger partial charge in [-0.3, -0.25) is 4.79 Å². The van der Waals surface area contributed by atoms with Crippen molar-refractivity contribution in [2.75, 3.05) is 11.9 Å². The zero-order valence-electron chi connectivity index (χ0n) is 11.4. The van der Waals surface area contributed by atoms with E-state index in [1.807, 2.05) is 24.1 Å². The molecule has 1 atom stereocenters. The minimum atomic E-state index is -0.806. The van der Waals surface area contributed by atoms with E-state index in [9.17, 15) is 9.90 Å². The molecule has 0 spiro atoms. The molecule has 21 heavy (non-hydrogen) atoms. The number of hydrogen-bond acceptors (Lipinski definition) is 5. The second kappa shape index (κ2) is 5.19. The molecule has 0 aliphatic heterocycles. The Balaban J connectivity index is 1.93. The number of rotatable bonds is 3.